The molecule has 0 aliphatic carbocycles. The first kappa shape index (κ1) is 9.41. The molecule has 0 aliphatic heterocycles. The van der Waals surface area contributed by atoms with Crippen LogP contribution in [0.2, 0.25) is 0 Å². The fourth-order valence-corrected chi connectivity index (χ4v) is 1.13. The van der Waals surface area contributed by atoms with Crippen LogP contribution in [0.1, 0.15) is 11.1 Å². The summed E-state index contributed by atoms with van der Waals surface area (Å²) in [6, 6.07) is 4.75. The smallest absolute Gasteiger partial charge is 0.282 e. The maximum atomic E-state index is 10.6. The molecule has 4 nitrogen and oxygen atoms in total. The Morgan fingerprint density at radius 2 is 2.31 bits per heavy atom. The Balaban J connectivity index is 3.38. The first-order chi connectivity index (χ1) is 6.20. The summed E-state index contributed by atoms with van der Waals surface area (Å²) in [5.41, 5.74) is 0.666. The van der Waals surface area contributed by atoms with Crippen LogP contribution in [0.25, 0.3) is 6.08 Å². The summed E-state index contributed by atoms with van der Waals surface area (Å²) in [5.74, 6) is 0. The topological polar surface area (TPSA) is 63.4 Å². The van der Waals surface area contributed by atoms with E-state index < -0.39 is 4.92 Å². The molecular weight excluding hydrogens is 170 g/mol. The van der Waals surface area contributed by atoms with Crippen molar-refractivity contribution >= 4 is 11.8 Å². The number of nitro groups is 1. The molecule has 0 fully saturated rings. The van der Waals surface area contributed by atoms with Crippen molar-refractivity contribution in [1.82, 2.24) is 0 Å². The average Bonchev–Trinajstić information content (AvgIpc) is 2.16. The minimum Gasteiger partial charge on any atom is -0.391 e. The van der Waals surface area contributed by atoms with Crippen LogP contribution in [0.3, 0.4) is 0 Å². The Labute approximate surface area is 75.3 Å². The molecule has 0 heterocycles. The van der Waals surface area contributed by atoms with Gasteiger partial charge in [-0.3, -0.25) is 10.1 Å². The quantitative estimate of drug-likeness (QED) is 0.567. The predicted molar refractivity (Wildman–Crippen MR) is 49.1 cm³/mol. The maximum absolute atomic E-state index is 10.6. The molecule has 1 rings (SSSR count). The van der Waals surface area contributed by atoms with Crippen molar-refractivity contribution in [3.8, 4) is 0 Å². The second-order valence-electron chi connectivity index (χ2n) is 2.47. The third-order valence-corrected chi connectivity index (χ3v) is 1.72. The second kappa shape index (κ2) is 3.82. The minimum atomic E-state index is -0.511. The average molecular weight is 179 g/mol. The van der Waals surface area contributed by atoms with Crippen molar-refractivity contribution in [2.24, 2.45) is 0 Å². The van der Waals surface area contributed by atoms with E-state index in [4.69, 9.17) is 5.11 Å². The van der Waals surface area contributed by atoms with E-state index in [1.807, 2.05) is 0 Å². The Morgan fingerprint density at radius 3 is 2.77 bits per heavy atom. The number of aliphatic hydroxyl groups is 1. The molecular formula is C9H9NO3. The van der Waals surface area contributed by atoms with Crippen molar-refractivity contribution in [3.63, 3.8) is 0 Å². The van der Waals surface area contributed by atoms with Gasteiger partial charge in [0, 0.05) is 0 Å². The summed E-state index contributed by atoms with van der Waals surface area (Å²) in [4.78, 5) is 10.1. The summed E-state index contributed by atoms with van der Waals surface area (Å²) < 4.78 is 0. The molecule has 0 aromatic heterocycles. The highest BCUT2D eigenvalue weighted by molar-refractivity contribution is 5.62. The second-order valence-corrected chi connectivity index (χ2v) is 2.47. The van der Waals surface area contributed by atoms with Gasteiger partial charge in [-0.2, -0.15) is 0 Å². The molecule has 4 heteroatoms. The molecule has 0 amide bonds. The lowest BCUT2D eigenvalue weighted by Gasteiger charge is -2.01. The summed E-state index contributed by atoms with van der Waals surface area (Å²) in [6.07, 6.45) is 1.40. The van der Waals surface area contributed by atoms with E-state index >= 15 is 0 Å². The van der Waals surface area contributed by atoms with Crippen LogP contribution < -0.4 is 0 Å². The molecule has 13 heavy (non-hydrogen) atoms. The first-order valence-corrected chi connectivity index (χ1v) is 3.70. The normalized spacial score (nSPS) is 9.62. The Kier molecular flexibility index (Phi) is 2.76. The molecule has 1 aromatic carbocycles. The van der Waals surface area contributed by atoms with Crippen molar-refractivity contribution in [2.45, 2.75) is 6.61 Å². The van der Waals surface area contributed by atoms with Crippen LogP contribution in [0.15, 0.2) is 24.8 Å². The van der Waals surface area contributed by atoms with Gasteiger partial charge in [0.25, 0.3) is 5.69 Å². The maximum Gasteiger partial charge on any atom is 0.282 e. The number of hydrogen-bond acceptors (Lipinski definition) is 3. The summed E-state index contributed by atoms with van der Waals surface area (Å²) in [5, 5.41) is 19.5. The van der Waals surface area contributed by atoms with E-state index in [0.29, 0.717) is 11.1 Å². The third-order valence-electron chi connectivity index (χ3n) is 1.72. The summed E-state index contributed by atoms with van der Waals surface area (Å²) >= 11 is 0. The van der Waals surface area contributed by atoms with E-state index in [0.717, 1.165) is 0 Å². The standard InChI is InChI=1S/C9H9NO3/c1-2-7-4-3-5-8(6-11)9(7)10(12)13/h2-5,11H,1,6H2. The predicted octanol–water partition coefficient (Wildman–Crippen LogP) is 1.73. The lowest BCUT2D eigenvalue weighted by atomic mass is 10.1. The molecule has 1 N–H and O–H groups in total. The van der Waals surface area contributed by atoms with E-state index in [1.165, 1.54) is 12.1 Å². The van der Waals surface area contributed by atoms with Gasteiger partial charge in [0.1, 0.15) is 0 Å². The molecule has 0 saturated heterocycles. The zero-order valence-electron chi connectivity index (χ0n) is 6.93. The van der Waals surface area contributed by atoms with E-state index in [2.05, 4.69) is 6.58 Å². The van der Waals surface area contributed by atoms with Crippen LogP contribution in [0.4, 0.5) is 5.69 Å². The monoisotopic (exact) mass is 179 g/mol. The van der Waals surface area contributed by atoms with Crippen LogP contribution >= 0.6 is 0 Å². The Bertz CT molecular complexity index is 347. The van der Waals surface area contributed by atoms with E-state index in [1.54, 1.807) is 12.1 Å². The number of aliphatic hydroxyl groups excluding tert-OH is 1. The lowest BCUT2D eigenvalue weighted by molar-refractivity contribution is -0.386. The Morgan fingerprint density at radius 1 is 1.62 bits per heavy atom. The SMILES string of the molecule is C=Cc1cccc(CO)c1[N+](=O)[O-]. The van der Waals surface area contributed by atoms with Gasteiger partial charge in [-0.1, -0.05) is 18.7 Å². The van der Waals surface area contributed by atoms with E-state index in [-0.39, 0.29) is 12.3 Å². The first-order valence-electron chi connectivity index (χ1n) is 3.70. The molecule has 0 bridgehead atoms. The van der Waals surface area contributed by atoms with Crippen molar-refractivity contribution in [3.05, 3.63) is 46.0 Å². The lowest BCUT2D eigenvalue weighted by Crippen LogP contribution is -1.97. The molecule has 0 unspecified atom stereocenters. The zero-order chi connectivity index (χ0) is 9.84. The fourth-order valence-electron chi connectivity index (χ4n) is 1.13. The highest BCUT2D eigenvalue weighted by Crippen LogP contribution is 2.24. The number of hydrogen-bond donors (Lipinski definition) is 1. The van der Waals surface area contributed by atoms with Crippen molar-refractivity contribution in [2.75, 3.05) is 0 Å². The number of nitrogens with zero attached hydrogens (tertiary/aromatic N) is 1. The highest BCUT2D eigenvalue weighted by atomic mass is 16.6. The van der Waals surface area contributed by atoms with Crippen molar-refractivity contribution < 1.29 is 10.0 Å². The molecule has 0 aliphatic rings. The summed E-state index contributed by atoms with van der Waals surface area (Å²) in [7, 11) is 0. The Hall–Kier alpha value is -1.68. The number of nitro benzene ring substituents is 1. The zero-order valence-corrected chi connectivity index (χ0v) is 6.93. The highest BCUT2D eigenvalue weighted by Gasteiger charge is 2.16. The van der Waals surface area contributed by atoms with Crippen LogP contribution in [0, 0.1) is 10.1 Å². The van der Waals surface area contributed by atoms with Crippen molar-refractivity contribution in [1.29, 1.82) is 0 Å². The molecule has 1 aromatic rings. The third kappa shape index (κ3) is 1.73. The van der Waals surface area contributed by atoms with Crippen LogP contribution in [0.5, 0.6) is 0 Å². The number of benzene rings is 1. The van der Waals surface area contributed by atoms with Crippen LogP contribution in [-0.2, 0) is 6.61 Å². The van der Waals surface area contributed by atoms with Gasteiger partial charge in [-0.15, -0.1) is 0 Å². The molecule has 68 valence electrons. The van der Waals surface area contributed by atoms with Gasteiger partial charge in [0.05, 0.1) is 22.7 Å². The van der Waals surface area contributed by atoms with Gasteiger partial charge in [0.2, 0.25) is 0 Å². The number of rotatable bonds is 3. The van der Waals surface area contributed by atoms with Gasteiger partial charge in [-0.05, 0) is 12.1 Å². The van der Waals surface area contributed by atoms with Gasteiger partial charge in [-0.25, -0.2) is 0 Å². The molecule has 0 atom stereocenters. The number of para-hydroxylation sites is 1. The molecule has 0 radical (unpaired) electrons. The van der Waals surface area contributed by atoms with Gasteiger partial charge >= 0.3 is 0 Å². The summed E-state index contributed by atoms with van der Waals surface area (Å²) in [6.45, 7) is 3.13. The van der Waals surface area contributed by atoms with Crippen LogP contribution in [-0.4, -0.2) is 10.0 Å². The van der Waals surface area contributed by atoms with E-state index in [9.17, 15) is 10.1 Å². The van der Waals surface area contributed by atoms with Gasteiger partial charge in [0.15, 0.2) is 0 Å². The minimum absolute atomic E-state index is 0.0694. The molecule has 0 spiro atoms. The fraction of sp³-hybridized carbons (Fsp3) is 0.111. The largest absolute Gasteiger partial charge is 0.391 e. The van der Waals surface area contributed by atoms with Gasteiger partial charge < -0.3 is 5.11 Å². The molecule has 0 saturated carbocycles.